The Bertz CT molecular complexity index is 401. The van der Waals surface area contributed by atoms with E-state index in [1.807, 2.05) is 6.92 Å². The summed E-state index contributed by atoms with van der Waals surface area (Å²) in [5.74, 6) is 1.97. The highest BCUT2D eigenvalue weighted by Crippen LogP contribution is 2.25. The van der Waals surface area contributed by atoms with Crippen LogP contribution in [0.5, 0.6) is 0 Å². The molecule has 5 heteroatoms. The standard InChI is InChI=1S/C11H16N4O/c1-8-13-10-7-12-6-9(10)11(14-8)15-2-4-16-5-3-15/h12H,2-7H2,1H3. The van der Waals surface area contributed by atoms with Crippen LogP contribution in [0.3, 0.4) is 0 Å². The summed E-state index contributed by atoms with van der Waals surface area (Å²) >= 11 is 0. The van der Waals surface area contributed by atoms with Crippen LogP contribution in [0.1, 0.15) is 17.1 Å². The van der Waals surface area contributed by atoms with Gasteiger partial charge in [0.25, 0.3) is 0 Å². The Labute approximate surface area is 94.8 Å². The van der Waals surface area contributed by atoms with Crippen LogP contribution < -0.4 is 10.2 Å². The minimum atomic E-state index is 0.797. The lowest BCUT2D eigenvalue weighted by Gasteiger charge is -2.29. The smallest absolute Gasteiger partial charge is 0.137 e. The van der Waals surface area contributed by atoms with E-state index in [9.17, 15) is 0 Å². The van der Waals surface area contributed by atoms with Gasteiger partial charge in [-0.15, -0.1) is 0 Å². The average Bonchev–Trinajstić information content (AvgIpc) is 2.77. The molecule has 0 amide bonds. The first-order valence-electron chi connectivity index (χ1n) is 5.74. The van der Waals surface area contributed by atoms with Gasteiger partial charge in [0, 0.05) is 31.7 Å². The molecule has 86 valence electrons. The van der Waals surface area contributed by atoms with Gasteiger partial charge in [-0.3, -0.25) is 0 Å². The van der Waals surface area contributed by atoms with Crippen molar-refractivity contribution in [3.05, 3.63) is 17.1 Å². The van der Waals surface area contributed by atoms with Crippen molar-refractivity contribution in [2.75, 3.05) is 31.2 Å². The van der Waals surface area contributed by atoms with Crippen LogP contribution in [0.15, 0.2) is 0 Å². The summed E-state index contributed by atoms with van der Waals surface area (Å²) in [6, 6.07) is 0. The van der Waals surface area contributed by atoms with E-state index in [-0.39, 0.29) is 0 Å². The van der Waals surface area contributed by atoms with Gasteiger partial charge >= 0.3 is 0 Å². The Kier molecular flexibility index (Phi) is 2.49. The number of ether oxygens (including phenoxy) is 1. The SMILES string of the molecule is Cc1nc2c(c(N3CCOCC3)n1)CNC2. The van der Waals surface area contributed by atoms with Gasteiger partial charge in [-0.05, 0) is 6.92 Å². The number of hydrogen-bond donors (Lipinski definition) is 1. The summed E-state index contributed by atoms with van der Waals surface area (Å²) < 4.78 is 5.37. The summed E-state index contributed by atoms with van der Waals surface area (Å²) in [6.07, 6.45) is 0. The first-order valence-corrected chi connectivity index (χ1v) is 5.74. The monoisotopic (exact) mass is 220 g/mol. The van der Waals surface area contributed by atoms with E-state index < -0.39 is 0 Å². The van der Waals surface area contributed by atoms with E-state index in [1.54, 1.807) is 0 Å². The molecule has 0 aromatic carbocycles. The molecule has 0 atom stereocenters. The van der Waals surface area contributed by atoms with Gasteiger partial charge in [0.05, 0.1) is 18.9 Å². The molecule has 0 radical (unpaired) electrons. The highest BCUT2D eigenvalue weighted by molar-refractivity contribution is 5.51. The second-order valence-corrected chi connectivity index (χ2v) is 4.22. The molecule has 1 aromatic heterocycles. The highest BCUT2D eigenvalue weighted by atomic mass is 16.5. The van der Waals surface area contributed by atoms with Crippen molar-refractivity contribution in [3.63, 3.8) is 0 Å². The van der Waals surface area contributed by atoms with Crippen molar-refractivity contribution in [1.29, 1.82) is 0 Å². The predicted molar refractivity (Wildman–Crippen MR) is 60.3 cm³/mol. The number of morpholine rings is 1. The molecule has 1 aromatic rings. The zero-order valence-electron chi connectivity index (χ0n) is 9.49. The van der Waals surface area contributed by atoms with Crippen molar-refractivity contribution in [2.45, 2.75) is 20.0 Å². The van der Waals surface area contributed by atoms with Crippen LogP contribution in [-0.2, 0) is 17.8 Å². The van der Waals surface area contributed by atoms with E-state index in [1.165, 1.54) is 5.56 Å². The van der Waals surface area contributed by atoms with Gasteiger partial charge in [0.1, 0.15) is 11.6 Å². The Morgan fingerprint density at radius 3 is 2.81 bits per heavy atom. The maximum atomic E-state index is 5.37. The van der Waals surface area contributed by atoms with Crippen molar-refractivity contribution in [2.24, 2.45) is 0 Å². The van der Waals surface area contributed by atoms with Crippen LogP contribution >= 0.6 is 0 Å². The van der Waals surface area contributed by atoms with Gasteiger partial charge in [-0.2, -0.15) is 0 Å². The molecule has 16 heavy (non-hydrogen) atoms. The van der Waals surface area contributed by atoms with Crippen molar-refractivity contribution in [3.8, 4) is 0 Å². The normalized spacial score (nSPS) is 19.9. The fraction of sp³-hybridized carbons (Fsp3) is 0.636. The summed E-state index contributed by atoms with van der Waals surface area (Å²) in [7, 11) is 0. The van der Waals surface area contributed by atoms with E-state index >= 15 is 0 Å². The van der Waals surface area contributed by atoms with Crippen LogP contribution in [-0.4, -0.2) is 36.3 Å². The number of hydrogen-bond acceptors (Lipinski definition) is 5. The maximum Gasteiger partial charge on any atom is 0.137 e. The molecule has 0 bridgehead atoms. The summed E-state index contributed by atoms with van der Waals surface area (Å²) in [4.78, 5) is 11.4. The number of nitrogens with one attached hydrogen (secondary N) is 1. The molecular weight excluding hydrogens is 204 g/mol. The number of nitrogens with zero attached hydrogens (tertiary/aromatic N) is 3. The van der Waals surface area contributed by atoms with E-state index in [4.69, 9.17) is 4.74 Å². The molecule has 0 unspecified atom stereocenters. The number of aromatic nitrogens is 2. The molecule has 0 aliphatic carbocycles. The lowest BCUT2D eigenvalue weighted by Crippen LogP contribution is -2.37. The van der Waals surface area contributed by atoms with Crippen molar-refractivity contribution < 1.29 is 4.74 Å². The molecule has 3 rings (SSSR count). The summed E-state index contributed by atoms with van der Waals surface area (Å²) in [6.45, 7) is 7.18. The minimum Gasteiger partial charge on any atom is -0.378 e. The molecule has 2 aliphatic rings. The molecule has 3 heterocycles. The van der Waals surface area contributed by atoms with Gasteiger partial charge < -0.3 is 15.0 Å². The van der Waals surface area contributed by atoms with Crippen molar-refractivity contribution in [1.82, 2.24) is 15.3 Å². The van der Waals surface area contributed by atoms with E-state index in [0.717, 1.165) is 56.7 Å². The van der Waals surface area contributed by atoms with Crippen LogP contribution in [0.2, 0.25) is 0 Å². The second-order valence-electron chi connectivity index (χ2n) is 4.22. The van der Waals surface area contributed by atoms with Crippen molar-refractivity contribution >= 4 is 5.82 Å². The molecule has 0 spiro atoms. The summed E-state index contributed by atoms with van der Waals surface area (Å²) in [5, 5.41) is 3.33. The third kappa shape index (κ3) is 1.66. The topological polar surface area (TPSA) is 50.3 Å². The van der Waals surface area contributed by atoms with Crippen LogP contribution in [0, 0.1) is 6.92 Å². The Morgan fingerprint density at radius 1 is 1.19 bits per heavy atom. The number of anilines is 1. The molecule has 5 nitrogen and oxygen atoms in total. The third-order valence-electron chi connectivity index (χ3n) is 3.09. The van der Waals surface area contributed by atoms with E-state index in [2.05, 4.69) is 20.2 Å². The van der Waals surface area contributed by atoms with E-state index in [0.29, 0.717) is 0 Å². The summed E-state index contributed by atoms with van der Waals surface area (Å²) in [5.41, 5.74) is 2.43. The van der Waals surface area contributed by atoms with Gasteiger partial charge in [-0.1, -0.05) is 0 Å². The Hall–Kier alpha value is -1.20. The van der Waals surface area contributed by atoms with Crippen LogP contribution in [0.4, 0.5) is 5.82 Å². The Balaban J connectivity index is 1.99. The second kappa shape index (κ2) is 3.99. The first-order chi connectivity index (χ1) is 7.84. The number of rotatable bonds is 1. The quantitative estimate of drug-likeness (QED) is 0.734. The largest absolute Gasteiger partial charge is 0.378 e. The molecule has 1 fully saturated rings. The molecule has 0 saturated carbocycles. The van der Waals surface area contributed by atoms with Crippen LogP contribution in [0.25, 0.3) is 0 Å². The Morgan fingerprint density at radius 2 is 2.00 bits per heavy atom. The van der Waals surface area contributed by atoms with Gasteiger partial charge in [0.15, 0.2) is 0 Å². The molecular formula is C11H16N4O. The van der Waals surface area contributed by atoms with Gasteiger partial charge in [-0.25, -0.2) is 9.97 Å². The molecule has 2 aliphatic heterocycles. The number of fused-ring (bicyclic) bond motifs is 1. The average molecular weight is 220 g/mol. The fourth-order valence-electron chi connectivity index (χ4n) is 2.31. The first kappa shape index (κ1) is 9.99. The maximum absolute atomic E-state index is 5.37. The zero-order chi connectivity index (χ0) is 11.0. The number of aryl methyl sites for hydroxylation is 1. The fourth-order valence-corrected chi connectivity index (χ4v) is 2.31. The lowest BCUT2D eigenvalue weighted by molar-refractivity contribution is 0.122. The third-order valence-corrected chi connectivity index (χ3v) is 3.09. The zero-order valence-corrected chi connectivity index (χ0v) is 9.49. The lowest BCUT2D eigenvalue weighted by atomic mass is 10.2. The molecule has 1 N–H and O–H groups in total. The predicted octanol–water partition coefficient (Wildman–Crippen LogP) is 0.225. The minimum absolute atomic E-state index is 0.797. The van der Waals surface area contributed by atoms with Gasteiger partial charge in [0.2, 0.25) is 0 Å². The molecule has 1 saturated heterocycles. The highest BCUT2D eigenvalue weighted by Gasteiger charge is 2.22.